The van der Waals surface area contributed by atoms with Crippen molar-refractivity contribution >= 4 is 40.4 Å². The Morgan fingerprint density at radius 1 is 1.13 bits per heavy atom. The van der Waals surface area contributed by atoms with Crippen molar-refractivity contribution in [3.63, 3.8) is 0 Å². The third-order valence-electron chi connectivity index (χ3n) is 8.84. The van der Waals surface area contributed by atoms with Gasteiger partial charge < -0.3 is 25.4 Å². The van der Waals surface area contributed by atoms with E-state index in [4.69, 9.17) is 0 Å². The minimum atomic E-state index is -1.14. The highest BCUT2D eigenvalue weighted by Gasteiger charge is 2.52. The van der Waals surface area contributed by atoms with Crippen molar-refractivity contribution in [2.45, 2.75) is 69.5 Å². The van der Waals surface area contributed by atoms with Crippen molar-refractivity contribution in [3.8, 4) is 0 Å². The number of nitrogens with zero attached hydrogens (tertiary/aromatic N) is 3. The van der Waals surface area contributed by atoms with Gasteiger partial charge in [-0.15, -0.1) is 0 Å². The number of piperidine rings is 1. The zero-order valence-corrected chi connectivity index (χ0v) is 22.1. The molecule has 3 N–H and O–H groups in total. The number of aryl methyl sites for hydroxylation is 1. The molecule has 11 heteroatoms. The SMILES string of the molecule is Cn1c(C(=O)N2CCC3(CC3)C[C@H]2C(=O)N[C@@H](C[C@@H]2CCNC2=O)C(=O)C(=O)NC2CC2)nc2ccccc21. The second-order valence-corrected chi connectivity index (χ2v) is 11.6. The minimum Gasteiger partial charge on any atom is -0.356 e. The molecule has 2 saturated heterocycles. The van der Waals surface area contributed by atoms with E-state index in [9.17, 15) is 24.0 Å². The molecule has 11 nitrogen and oxygen atoms in total. The van der Waals surface area contributed by atoms with Crippen LogP contribution in [0.4, 0.5) is 0 Å². The summed E-state index contributed by atoms with van der Waals surface area (Å²) in [5.41, 5.74) is 1.54. The predicted octanol–water partition coefficient (Wildman–Crippen LogP) is 0.817. The van der Waals surface area contributed by atoms with Crippen LogP contribution in [0.3, 0.4) is 0 Å². The fraction of sp³-hybridized carbons (Fsp3) is 0.571. The van der Waals surface area contributed by atoms with Gasteiger partial charge in [0.2, 0.25) is 17.6 Å². The Morgan fingerprint density at radius 2 is 1.90 bits per heavy atom. The van der Waals surface area contributed by atoms with Crippen LogP contribution in [-0.4, -0.2) is 75.1 Å². The van der Waals surface area contributed by atoms with Crippen molar-refractivity contribution < 1.29 is 24.0 Å². The molecule has 0 unspecified atom stereocenters. The zero-order valence-electron chi connectivity index (χ0n) is 22.1. The molecule has 4 fully saturated rings. The van der Waals surface area contributed by atoms with Gasteiger partial charge in [-0.2, -0.15) is 0 Å². The van der Waals surface area contributed by atoms with Gasteiger partial charge in [-0.25, -0.2) is 4.98 Å². The molecule has 0 radical (unpaired) electrons. The Balaban J connectivity index is 1.24. The number of Topliss-reactive ketones (excluding diaryl/α,β-unsaturated/α-hetero) is 1. The lowest BCUT2D eigenvalue weighted by Gasteiger charge is -2.39. The quantitative estimate of drug-likeness (QED) is 0.428. The summed E-state index contributed by atoms with van der Waals surface area (Å²) in [5, 5.41) is 8.25. The Kier molecular flexibility index (Phi) is 6.39. The van der Waals surface area contributed by atoms with E-state index in [0.717, 1.165) is 37.6 Å². The highest BCUT2D eigenvalue weighted by atomic mass is 16.2. The molecule has 1 aromatic carbocycles. The first-order valence-electron chi connectivity index (χ1n) is 13.9. The molecule has 4 amide bonds. The van der Waals surface area contributed by atoms with Gasteiger partial charge in [0.1, 0.15) is 6.04 Å². The van der Waals surface area contributed by atoms with Crippen LogP contribution in [0, 0.1) is 11.3 Å². The average Bonchev–Trinajstić information content (AvgIpc) is 3.84. The molecule has 2 aliphatic carbocycles. The number of hydrogen-bond donors (Lipinski definition) is 3. The van der Waals surface area contributed by atoms with Crippen LogP contribution >= 0.6 is 0 Å². The van der Waals surface area contributed by atoms with E-state index >= 15 is 0 Å². The molecule has 39 heavy (non-hydrogen) atoms. The summed E-state index contributed by atoms with van der Waals surface area (Å²) >= 11 is 0. The van der Waals surface area contributed by atoms with Crippen molar-refractivity contribution in [3.05, 3.63) is 30.1 Å². The van der Waals surface area contributed by atoms with Crippen molar-refractivity contribution in [1.29, 1.82) is 0 Å². The van der Waals surface area contributed by atoms with Gasteiger partial charge in [-0.1, -0.05) is 12.1 Å². The molecule has 6 rings (SSSR count). The van der Waals surface area contributed by atoms with Gasteiger partial charge in [0.25, 0.3) is 11.8 Å². The number of rotatable bonds is 8. The maximum atomic E-state index is 13.8. The number of ketones is 1. The maximum Gasteiger partial charge on any atom is 0.290 e. The van der Waals surface area contributed by atoms with Crippen LogP contribution in [0.1, 0.15) is 62.0 Å². The van der Waals surface area contributed by atoms with E-state index < -0.39 is 35.6 Å². The number of carbonyl (C=O) groups is 5. The zero-order chi connectivity index (χ0) is 27.3. The van der Waals surface area contributed by atoms with Gasteiger partial charge in [0, 0.05) is 32.1 Å². The highest BCUT2D eigenvalue weighted by molar-refractivity contribution is 6.38. The molecule has 1 aromatic heterocycles. The Bertz CT molecular complexity index is 1360. The number of nitrogens with one attached hydrogen (secondary N) is 3. The monoisotopic (exact) mass is 534 g/mol. The third kappa shape index (κ3) is 5.02. The van der Waals surface area contributed by atoms with Crippen molar-refractivity contribution in [2.24, 2.45) is 18.4 Å². The number of para-hydroxylation sites is 2. The lowest BCUT2D eigenvalue weighted by Crippen LogP contribution is -2.58. The summed E-state index contributed by atoms with van der Waals surface area (Å²) < 4.78 is 1.74. The Labute approximate surface area is 226 Å². The molecule has 2 aliphatic heterocycles. The number of amides is 4. The van der Waals surface area contributed by atoms with Gasteiger partial charge in [-0.3, -0.25) is 24.0 Å². The fourth-order valence-electron chi connectivity index (χ4n) is 6.01. The topological polar surface area (TPSA) is 142 Å². The highest BCUT2D eigenvalue weighted by Crippen LogP contribution is 2.55. The van der Waals surface area contributed by atoms with Crippen LogP contribution in [0.25, 0.3) is 11.0 Å². The summed E-state index contributed by atoms with van der Waals surface area (Å²) in [5.74, 6) is -2.70. The normalized spacial score (nSPS) is 24.3. The van der Waals surface area contributed by atoms with Crippen LogP contribution in [0.2, 0.25) is 0 Å². The first kappa shape index (κ1) is 25.5. The molecule has 4 aliphatic rings. The number of likely N-dealkylation sites (tertiary alicyclic amines) is 1. The molecule has 3 atom stereocenters. The number of benzene rings is 1. The van der Waals surface area contributed by atoms with Crippen LogP contribution in [0.5, 0.6) is 0 Å². The molecular weight excluding hydrogens is 500 g/mol. The molecule has 206 valence electrons. The molecule has 2 aromatic rings. The van der Waals surface area contributed by atoms with Gasteiger partial charge in [0.15, 0.2) is 5.82 Å². The summed E-state index contributed by atoms with van der Waals surface area (Å²) in [6, 6.07) is 5.52. The summed E-state index contributed by atoms with van der Waals surface area (Å²) in [6.07, 6.45) is 5.53. The molecule has 3 heterocycles. The van der Waals surface area contributed by atoms with E-state index in [1.54, 1.807) is 16.5 Å². The predicted molar refractivity (Wildman–Crippen MR) is 140 cm³/mol. The van der Waals surface area contributed by atoms with E-state index in [-0.39, 0.29) is 35.5 Å². The van der Waals surface area contributed by atoms with E-state index in [0.29, 0.717) is 31.4 Å². The molecule has 1 spiro atoms. The van der Waals surface area contributed by atoms with Crippen LogP contribution < -0.4 is 16.0 Å². The number of aromatic nitrogens is 2. The van der Waals surface area contributed by atoms with Crippen molar-refractivity contribution in [1.82, 2.24) is 30.4 Å². The summed E-state index contributed by atoms with van der Waals surface area (Å²) in [7, 11) is 1.78. The summed E-state index contributed by atoms with van der Waals surface area (Å²) in [4.78, 5) is 71.8. The minimum absolute atomic E-state index is 0.0120. The summed E-state index contributed by atoms with van der Waals surface area (Å²) in [6.45, 7) is 0.907. The number of carbonyl (C=O) groups excluding carboxylic acids is 5. The largest absolute Gasteiger partial charge is 0.356 e. The first-order chi connectivity index (χ1) is 18.7. The lowest BCUT2D eigenvalue weighted by molar-refractivity contribution is -0.141. The average molecular weight is 535 g/mol. The van der Waals surface area contributed by atoms with Crippen LogP contribution in [-0.2, 0) is 26.2 Å². The van der Waals surface area contributed by atoms with Gasteiger partial charge in [0.05, 0.1) is 17.1 Å². The number of hydrogen-bond acceptors (Lipinski definition) is 6. The van der Waals surface area contributed by atoms with E-state index in [1.807, 2.05) is 24.3 Å². The molecule has 0 bridgehead atoms. The second kappa shape index (κ2) is 9.77. The fourth-order valence-corrected chi connectivity index (χ4v) is 6.01. The van der Waals surface area contributed by atoms with Gasteiger partial charge in [-0.05, 0) is 68.9 Å². The third-order valence-corrected chi connectivity index (χ3v) is 8.84. The maximum absolute atomic E-state index is 13.8. The molecular formula is C28H34N6O5. The Morgan fingerprint density at radius 3 is 2.56 bits per heavy atom. The van der Waals surface area contributed by atoms with E-state index in [1.165, 1.54) is 0 Å². The standard InChI is InChI=1S/C28H34N6O5/c1-33-20-5-3-2-4-18(20)31-23(33)27(39)34-13-11-28(9-10-28)15-21(34)25(37)32-19(14-16-8-12-29-24(16)36)22(35)26(38)30-17-6-7-17/h2-5,16-17,19,21H,6-15H2,1H3,(H,29,36)(H,30,38)(H,32,37)/t16-,19-,21-/m0/s1. The van der Waals surface area contributed by atoms with E-state index in [2.05, 4.69) is 20.9 Å². The lowest BCUT2D eigenvalue weighted by atomic mass is 9.86. The smallest absolute Gasteiger partial charge is 0.290 e. The second-order valence-electron chi connectivity index (χ2n) is 11.6. The van der Waals surface area contributed by atoms with Gasteiger partial charge >= 0.3 is 0 Å². The van der Waals surface area contributed by atoms with Crippen molar-refractivity contribution in [2.75, 3.05) is 13.1 Å². The number of imidazole rings is 1. The molecule has 2 saturated carbocycles. The van der Waals surface area contributed by atoms with Crippen LogP contribution in [0.15, 0.2) is 24.3 Å². The first-order valence-corrected chi connectivity index (χ1v) is 13.9. The number of fused-ring (bicyclic) bond motifs is 1. The Hall–Kier alpha value is -3.76.